The topological polar surface area (TPSA) is 89.3 Å². The molecule has 1 heterocycles. The van der Waals surface area contributed by atoms with Crippen LogP contribution in [0.5, 0.6) is 0 Å². The van der Waals surface area contributed by atoms with Gasteiger partial charge in [-0.1, -0.05) is 0 Å². The van der Waals surface area contributed by atoms with E-state index in [9.17, 15) is 19.7 Å². The summed E-state index contributed by atoms with van der Waals surface area (Å²) in [6, 6.07) is 2.54. The van der Waals surface area contributed by atoms with Crippen molar-refractivity contribution in [3.63, 3.8) is 0 Å². The molecule has 7 heteroatoms. The molecule has 0 aromatic heterocycles. The summed E-state index contributed by atoms with van der Waals surface area (Å²) in [5, 5.41) is 12.9. The van der Waals surface area contributed by atoms with Gasteiger partial charge in [-0.25, -0.2) is 0 Å². The Morgan fingerprint density at radius 2 is 2.00 bits per heavy atom. The Morgan fingerprint density at radius 3 is 2.60 bits per heavy atom. The number of nitro benzene ring substituents is 1. The van der Waals surface area contributed by atoms with Crippen LogP contribution in [0.15, 0.2) is 12.1 Å². The summed E-state index contributed by atoms with van der Waals surface area (Å²) in [7, 11) is 0. The normalized spacial score (nSPS) is 13.7. The zero-order valence-corrected chi connectivity index (χ0v) is 9.27. The molecule has 0 radical (unpaired) electrons. The number of halogens is 1. The average molecular weight is 318 g/mol. The van der Waals surface area contributed by atoms with E-state index >= 15 is 0 Å². The van der Waals surface area contributed by atoms with E-state index in [-0.39, 0.29) is 11.3 Å². The van der Waals surface area contributed by atoms with Crippen molar-refractivity contribution in [2.24, 2.45) is 0 Å². The lowest BCUT2D eigenvalue weighted by Crippen LogP contribution is -2.12. The molecule has 1 N–H and O–H groups in total. The van der Waals surface area contributed by atoms with Gasteiger partial charge in [0.05, 0.1) is 19.7 Å². The van der Waals surface area contributed by atoms with Crippen molar-refractivity contribution in [3.8, 4) is 0 Å². The van der Waals surface area contributed by atoms with Crippen LogP contribution in [0.4, 0.5) is 11.4 Å². The zero-order chi connectivity index (χ0) is 11.2. The highest BCUT2D eigenvalue weighted by molar-refractivity contribution is 14.1. The van der Waals surface area contributed by atoms with E-state index in [1.54, 1.807) is 22.6 Å². The minimum Gasteiger partial charge on any atom is -0.318 e. The van der Waals surface area contributed by atoms with Gasteiger partial charge in [0.25, 0.3) is 17.4 Å². The predicted molar refractivity (Wildman–Crippen MR) is 58.8 cm³/mol. The molecule has 0 spiro atoms. The van der Waals surface area contributed by atoms with Crippen molar-refractivity contribution in [1.82, 2.24) is 0 Å². The molecular weight excluding hydrogens is 315 g/mol. The van der Waals surface area contributed by atoms with E-state index in [0.717, 1.165) is 6.07 Å². The molecule has 1 aromatic carbocycles. The number of fused-ring (bicyclic) bond motifs is 1. The van der Waals surface area contributed by atoms with Gasteiger partial charge in [-0.2, -0.15) is 0 Å². The highest BCUT2D eigenvalue weighted by Crippen LogP contribution is 2.31. The van der Waals surface area contributed by atoms with Crippen molar-refractivity contribution in [2.45, 2.75) is 0 Å². The van der Waals surface area contributed by atoms with Gasteiger partial charge in [-0.3, -0.25) is 19.7 Å². The second-order valence-corrected chi connectivity index (χ2v) is 4.05. The third-order valence-electron chi connectivity index (χ3n) is 1.98. The number of nitrogens with zero attached hydrogens (tertiary/aromatic N) is 1. The van der Waals surface area contributed by atoms with Gasteiger partial charge in [0.1, 0.15) is 0 Å². The number of nitrogens with one attached hydrogen (secondary N) is 1. The van der Waals surface area contributed by atoms with Gasteiger partial charge in [0, 0.05) is 6.07 Å². The molecule has 0 atom stereocenters. The molecule has 0 aliphatic carbocycles. The predicted octanol–water partition coefficient (Wildman–Crippen LogP) is 1.33. The number of hydrogen-bond acceptors (Lipinski definition) is 4. The summed E-state index contributed by atoms with van der Waals surface area (Å²) in [4.78, 5) is 32.2. The van der Waals surface area contributed by atoms with Crippen molar-refractivity contribution in [1.29, 1.82) is 0 Å². The maximum absolute atomic E-state index is 11.2. The maximum atomic E-state index is 11.2. The van der Waals surface area contributed by atoms with E-state index in [2.05, 4.69) is 5.32 Å². The molecule has 0 saturated heterocycles. The fraction of sp³-hybridized carbons (Fsp3) is 0. The van der Waals surface area contributed by atoms with Crippen LogP contribution in [0.1, 0.15) is 10.4 Å². The van der Waals surface area contributed by atoms with Gasteiger partial charge >= 0.3 is 0 Å². The smallest absolute Gasteiger partial charge is 0.296 e. The third kappa shape index (κ3) is 1.48. The monoisotopic (exact) mass is 318 g/mol. The number of carbonyl (C=O) groups is 2. The van der Waals surface area contributed by atoms with Crippen LogP contribution in [-0.4, -0.2) is 16.6 Å². The number of ketones is 1. The number of Topliss-reactive ketones (excluding diaryl/α,β-unsaturated/α-hetero) is 1. The lowest BCUT2D eigenvalue weighted by Gasteiger charge is -1.99. The maximum Gasteiger partial charge on any atom is 0.296 e. The molecule has 0 bridgehead atoms. The summed E-state index contributed by atoms with van der Waals surface area (Å²) in [6.07, 6.45) is 0. The van der Waals surface area contributed by atoms with E-state index in [1.807, 2.05) is 0 Å². The Hall–Kier alpha value is -1.51. The Bertz CT molecular complexity index is 512. The first-order chi connectivity index (χ1) is 7.00. The molecule has 2 rings (SSSR count). The van der Waals surface area contributed by atoms with Crippen LogP contribution in [0.25, 0.3) is 0 Å². The molecule has 1 aliphatic rings. The van der Waals surface area contributed by atoms with Crippen LogP contribution in [-0.2, 0) is 4.79 Å². The number of rotatable bonds is 1. The van der Waals surface area contributed by atoms with E-state index in [1.165, 1.54) is 6.07 Å². The van der Waals surface area contributed by atoms with Crippen LogP contribution < -0.4 is 5.32 Å². The fourth-order valence-corrected chi connectivity index (χ4v) is 1.96. The molecule has 1 amide bonds. The van der Waals surface area contributed by atoms with Crippen LogP contribution >= 0.6 is 22.6 Å². The third-order valence-corrected chi connectivity index (χ3v) is 2.85. The van der Waals surface area contributed by atoms with E-state index in [0.29, 0.717) is 9.26 Å². The Kier molecular flexibility index (Phi) is 2.18. The highest BCUT2D eigenvalue weighted by atomic mass is 127. The fourth-order valence-electron chi connectivity index (χ4n) is 1.29. The van der Waals surface area contributed by atoms with Crippen LogP contribution in [0.2, 0.25) is 0 Å². The van der Waals surface area contributed by atoms with E-state index in [4.69, 9.17) is 0 Å². The summed E-state index contributed by atoms with van der Waals surface area (Å²) in [5.74, 6) is -1.48. The first-order valence-corrected chi connectivity index (χ1v) is 4.92. The largest absolute Gasteiger partial charge is 0.318 e. The standard InChI is InChI=1S/C8H3IN2O4/c9-4-2-5-3(1-6(4)11(14)15)7(12)8(13)10-5/h1-2H,(H,10,12,13). The van der Waals surface area contributed by atoms with Gasteiger partial charge < -0.3 is 5.32 Å². The molecule has 15 heavy (non-hydrogen) atoms. The molecule has 6 nitrogen and oxygen atoms in total. The number of benzene rings is 1. The minimum atomic E-state index is -0.749. The molecular formula is C8H3IN2O4. The number of nitro groups is 1. The summed E-state index contributed by atoms with van der Waals surface area (Å²) >= 11 is 1.78. The van der Waals surface area contributed by atoms with Gasteiger partial charge in [-0.15, -0.1) is 0 Å². The molecule has 1 aliphatic heterocycles. The Labute approximate surface area is 96.9 Å². The molecule has 0 unspecified atom stereocenters. The van der Waals surface area contributed by atoms with E-state index < -0.39 is 16.6 Å². The summed E-state index contributed by atoms with van der Waals surface area (Å²) < 4.78 is 0.381. The molecule has 0 fully saturated rings. The Morgan fingerprint density at radius 1 is 1.33 bits per heavy atom. The zero-order valence-electron chi connectivity index (χ0n) is 7.11. The average Bonchev–Trinajstić information content (AvgIpc) is 2.41. The van der Waals surface area contributed by atoms with Crippen molar-refractivity contribution >= 4 is 45.7 Å². The highest BCUT2D eigenvalue weighted by Gasteiger charge is 2.31. The SMILES string of the molecule is O=C1Nc2cc(I)c([N+](=O)[O-])cc2C1=O. The Balaban J connectivity index is 2.65. The summed E-state index contributed by atoms with van der Waals surface area (Å²) in [5.41, 5.74) is 0.228. The number of amides is 1. The van der Waals surface area contributed by atoms with Crippen LogP contribution in [0.3, 0.4) is 0 Å². The first-order valence-electron chi connectivity index (χ1n) is 3.84. The number of hydrogen-bond donors (Lipinski definition) is 1. The molecule has 0 saturated carbocycles. The lowest BCUT2D eigenvalue weighted by atomic mass is 10.1. The van der Waals surface area contributed by atoms with Gasteiger partial charge in [0.2, 0.25) is 0 Å². The van der Waals surface area contributed by atoms with Gasteiger partial charge in [0.15, 0.2) is 0 Å². The summed E-state index contributed by atoms with van der Waals surface area (Å²) in [6.45, 7) is 0. The lowest BCUT2D eigenvalue weighted by molar-refractivity contribution is -0.385. The first kappa shape index (κ1) is 10.0. The van der Waals surface area contributed by atoms with Gasteiger partial charge in [-0.05, 0) is 28.7 Å². The second-order valence-electron chi connectivity index (χ2n) is 2.89. The van der Waals surface area contributed by atoms with Crippen molar-refractivity contribution < 1.29 is 14.5 Å². The minimum absolute atomic E-state index is 0.0621. The van der Waals surface area contributed by atoms with Crippen LogP contribution in [0, 0.1) is 13.7 Å². The second kappa shape index (κ2) is 3.26. The molecule has 76 valence electrons. The quantitative estimate of drug-likeness (QED) is 0.366. The molecule has 1 aromatic rings. The van der Waals surface area contributed by atoms with Crippen molar-refractivity contribution in [2.75, 3.05) is 5.32 Å². The number of anilines is 1. The van der Waals surface area contributed by atoms with Crippen molar-refractivity contribution in [3.05, 3.63) is 31.4 Å². The number of carbonyl (C=O) groups excluding carboxylic acids is 2.